The van der Waals surface area contributed by atoms with Crippen molar-refractivity contribution in [3.8, 4) is 5.75 Å². The molecule has 16 heavy (non-hydrogen) atoms. The number of hydrogen-bond acceptors (Lipinski definition) is 3. The molecule has 0 spiro atoms. The fourth-order valence-electron chi connectivity index (χ4n) is 1.92. The van der Waals surface area contributed by atoms with Gasteiger partial charge in [0.05, 0.1) is 13.7 Å². The standard InChI is InChI=1S/C13H19NO2/c1-10-3-4-12(15-2)7-13(10)14-8-11-5-6-16-9-11/h3-4,7,11,14H,5-6,8-9H2,1-2H3. The first-order chi connectivity index (χ1) is 7.79. The maximum Gasteiger partial charge on any atom is 0.120 e. The van der Waals surface area contributed by atoms with Gasteiger partial charge in [-0.2, -0.15) is 0 Å². The summed E-state index contributed by atoms with van der Waals surface area (Å²) in [6.07, 6.45) is 1.16. The Labute approximate surface area is 96.8 Å². The first-order valence-electron chi connectivity index (χ1n) is 5.76. The largest absolute Gasteiger partial charge is 0.497 e. The molecule has 0 radical (unpaired) electrons. The van der Waals surface area contributed by atoms with E-state index in [1.807, 2.05) is 12.1 Å². The molecular weight excluding hydrogens is 202 g/mol. The maximum absolute atomic E-state index is 5.36. The molecule has 1 heterocycles. The zero-order valence-corrected chi connectivity index (χ0v) is 9.95. The van der Waals surface area contributed by atoms with E-state index in [0.29, 0.717) is 5.92 Å². The SMILES string of the molecule is COc1ccc(C)c(NCC2CCOC2)c1. The smallest absolute Gasteiger partial charge is 0.120 e. The van der Waals surface area contributed by atoms with Gasteiger partial charge in [0.2, 0.25) is 0 Å². The lowest BCUT2D eigenvalue weighted by Gasteiger charge is -2.13. The van der Waals surface area contributed by atoms with Crippen LogP contribution in [0.4, 0.5) is 5.69 Å². The Hall–Kier alpha value is -1.22. The van der Waals surface area contributed by atoms with Crippen molar-refractivity contribution >= 4 is 5.69 Å². The molecule has 1 atom stereocenters. The van der Waals surface area contributed by atoms with E-state index in [4.69, 9.17) is 9.47 Å². The summed E-state index contributed by atoms with van der Waals surface area (Å²) in [6.45, 7) is 4.88. The van der Waals surface area contributed by atoms with Crippen molar-refractivity contribution in [3.63, 3.8) is 0 Å². The Bertz CT molecular complexity index is 346. The molecule has 0 amide bonds. The van der Waals surface area contributed by atoms with Crippen LogP contribution in [-0.2, 0) is 4.74 Å². The van der Waals surface area contributed by atoms with Crippen molar-refractivity contribution in [2.45, 2.75) is 13.3 Å². The Kier molecular flexibility index (Phi) is 3.67. The topological polar surface area (TPSA) is 30.5 Å². The van der Waals surface area contributed by atoms with Crippen molar-refractivity contribution in [1.29, 1.82) is 0 Å². The molecule has 0 bridgehead atoms. The number of rotatable bonds is 4. The summed E-state index contributed by atoms with van der Waals surface area (Å²) in [5.74, 6) is 1.54. The van der Waals surface area contributed by atoms with Crippen LogP contribution < -0.4 is 10.1 Å². The molecular formula is C13H19NO2. The van der Waals surface area contributed by atoms with Crippen LogP contribution in [0.15, 0.2) is 18.2 Å². The Morgan fingerprint density at radius 3 is 3.06 bits per heavy atom. The molecule has 1 fully saturated rings. The summed E-state index contributed by atoms with van der Waals surface area (Å²) in [7, 11) is 1.69. The summed E-state index contributed by atoms with van der Waals surface area (Å²) >= 11 is 0. The number of ether oxygens (including phenoxy) is 2. The van der Waals surface area contributed by atoms with Gasteiger partial charge >= 0.3 is 0 Å². The van der Waals surface area contributed by atoms with Crippen LogP contribution in [0.5, 0.6) is 5.75 Å². The van der Waals surface area contributed by atoms with Crippen molar-refractivity contribution in [2.75, 3.05) is 32.2 Å². The third-order valence-corrected chi connectivity index (χ3v) is 3.05. The molecule has 0 saturated carbocycles. The van der Waals surface area contributed by atoms with Crippen molar-refractivity contribution < 1.29 is 9.47 Å². The summed E-state index contributed by atoms with van der Waals surface area (Å²) in [5.41, 5.74) is 2.41. The van der Waals surface area contributed by atoms with Crippen molar-refractivity contribution in [2.24, 2.45) is 5.92 Å². The fourth-order valence-corrected chi connectivity index (χ4v) is 1.92. The third-order valence-electron chi connectivity index (χ3n) is 3.05. The van der Waals surface area contributed by atoms with Gasteiger partial charge in [-0.25, -0.2) is 0 Å². The molecule has 1 unspecified atom stereocenters. The van der Waals surface area contributed by atoms with E-state index in [0.717, 1.165) is 37.6 Å². The molecule has 0 aromatic heterocycles. The quantitative estimate of drug-likeness (QED) is 0.847. The second-order valence-corrected chi connectivity index (χ2v) is 4.29. The summed E-state index contributed by atoms with van der Waals surface area (Å²) in [4.78, 5) is 0. The second-order valence-electron chi connectivity index (χ2n) is 4.29. The van der Waals surface area contributed by atoms with Crippen LogP contribution in [0.25, 0.3) is 0 Å². The maximum atomic E-state index is 5.36. The molecule has 2 rings (SSSR count). The van der Waals surface area contributed by atoms with E-state index in [9.17, 15) is 0 Å². The van der Waals surface area contributed by atoms with Crippen LogP contribution in [0.2, 0.25) is 0 Å². The van der Waals surface area contributed by atoms with Crippen LogP contribution in [-0.4, -0.2) is 26.9 Å². The lowest BCUT2D eigenvalue weighted by atomic mass is 10.1. The highest BCUT2D eigenvalue weighted by Gasteiger charge is 2.15. The Morgan fingerprint density at radius 1 is 1.50 bits per heavy atom. The minimum Gasteiger partial charge on any atom is -0.497 e. The molecule has 1 aromatic rings. The Morgan fingerprint density at radius 2 is 2.38 bits per heavy atom. The molecule has 88 valence electrons. The molecule has 1 aliphatic heterocycles. The van der Waals surface area contributed by atoms with Gasteiger partial charge in [-0.15, -0.1) is 0 Å². The van der Waals surface area contributed by atoms with Crippen LogP contribution >= 0.6 is 0 Å². The first-order valence-corrected chi connectivity index (χ1v) is 5.76. The predicted molar refractivity (Wildman–Crippen MR) is 65.1 cm³/mol. The summed E-state index contributed by atoms with van der Waals surface area (Å²) < 4.78 is 10.6. The number of nitrogens with one attached hydrogen (secondary N) is 1. The molecule has 1 aromatic carbocycles. The van der Waals surface area contributed by atoms with Gasteiger partial charge in [0.25, 0.3) is 0 Å². The molecule has 0 aliphatic carbocycles. The lowest BCUT2D eigenvalue weighted by molar-refractivity contribution is 0.187. The summed E-state index contributed by atoms with van der Waals surface area (Å²) in [6, 6.07) is 6.11. The van der Waals surface area contributed by atoms with E-state index in [-0.39, 0.29) is 0 Å². The van der Waals surface area contributed by atoms with Gasteiger partial charge in [-0.1, -0.05) is 6.07 Å². The minimum atomic E-state index is 0.644. The van der Waals surface area contributed by atoms with Gasteiger partial charge in [0, 0.05) is 30.8 Å². The molecule has 3 heteroatoms. The number of hydrogen-bond donors (Lipinski definition) is 1. The number of methoxy groups -OCH3 is 1. The van der Waals surface area contributed by atoms with Crippen LogP contribution in [0.3, 0.4) is 0 Å². The van der Waals surface area contributed by atoms with Crippen LogP contribution in [0, 0.1) is 12.8 Å². The van der Waals surface area contributed by atoms with E-state index in [1.54, 1.807) is 7.11 Å². The van der Waals surface area contributed by atoms with E-state index in [1.165, 1.54) is 5.56 Å². The summed E-state index contributed by atoms with van der Waals surface area (Å²) in [5, 5.41) is 3.47. The van der Waals surface area contributed by atoms with Crippen LogP contribution in [0.1, 0.15) is 12.0 Å². The van der Waals surface area contributed by atoms with Gasteiger partial charge in [-0.3, -0.25) is 0 Å². The highest BCUT2D eigenvalue weighted by atomic mass is 16.5. The monoisotopic (exact) mass is 221 g/mol. The highest BCUT2D eigenvalue weighted by Crippen LogP contribution is 2.22. The van der Waals surface area contributed by atoms with E-state index < -0.39 is 0 Å². The molecule has 1 aliphatic rings. The molecule has 1 N–H and O–H groups in total. The van der Waals surface area contributed by atoms with Gasteiger partial charge in [0.1, 0.15) is 5.75 Å². The zero-order chi connectivity index (χ0) is 11.4. The van der Waals surface area contributed by atoms with Crippen molar-refractivity contribution in [3.05, 3.63) is 23.8 Å². The van der Waals surface area contributed by atoms with E-state index in [2.05, 4.69) is 18.3 Å². The molecule has 3 nitrogen and oxygen atoms in total. The van der Waals surface area contributed by atoms with Gasteiger partial charge in [-0.05, 0) is 25.0 Å². The average molecular weight is 221 g/mol. The number of benzene rings is 1. The predicted octanol–water partition coefficient (Wildman–Crippen LogP) is 2.45. The van der Waals surface area contributed by atoms with Gasteiger partial charge < -0.3 is 14.8 Å². The second kappa shape index (κ2) is 5.21. The highest BCUT2D eigenvalue weighted by molar-refractivity contribution is 5.54. The zero-order valence-electron chi connectivity index (χ0n) is 9.95. The fraction of sp³-hybridized carbons (Fsp3) is 0.538. The molecule has 1 saturated heterocycles. The average Bonchev–Trinajstić information content (AvgIpc) is 2.81. The number of anilines is 1. The normalized spacial score (nSPS) is 19.8. The van der Waals surface area contributed by atoms with Gasteiger partial charge in [0.15, 0.2) is 0 Å². The number of aryl methyl sites for hydroxylation is 1. The minimum absolute atomic E-state index is 0.644. The Balaban J connectivity index is 1.96. The third kappa shape index (κ3) is 2.67. The first kappa shape index (κ1) is 11.3. The lowest BCUT2D eigenvalue weighted by Crippen LogP contribution is -2.14. The van der Waals surface area contributed by atoms with E-state index >= 15 is 0 Å². The van der Waals surface area contributed by atoms with Crippen molar-refractivity contribution in [1.82, 2.24) is 0 Å².